The molecule has 1 aromatic carbocycles. The van der Waals surface area contributed by atoms with Crippen molar-refractivity contribution in [1.82, 2.24) is 9.97 Å². The van der Waals surface area contributed by atoms with Gasteiger partial charge < -0.3 is 15.5 Å². The number of nitrogens with one attached hydrogen (secondary N) is 1. The average Bonchev–Trinajstić information content (AvgIpc) is 2.71. The highest BCUT2D eigenvalue weighted by atomic mass is 16.5. The molecule has 1 aromatic heterocycles. The number of nitrogens with zero attached hydrogens (tertiary/aromatic N) is 1. The van der Waals surface area contributed by atoms with E-state index < -0.39 is 0 Å². The number of hydrogen-bond acceptors (Lipinski definition) is 3. The van der Waals surface area contributed by atoms with Gasteiger partial charge in [-0.25, -0.2) is 4.98 Å². The number of ether oxygens (including phenoxy) is 1. The van der Waals surface area contributed by atoms with E-state index in [0.29, 0.717) is 6.54 Å². The monoisotopic (exact) mass is 231 g/mol. The first kappa shape index (κ1) is 11.7. The molecule has 0 spiro atoms. The molecule has 0 saturated carbocycles. The van der Waals surface area contributed by atoms with Crippen LogP contribution in [0.5, 0.6) is 5.75 Å². The summed E-state index contributed by atoms with van der Waals surface area (Å²) in [6.45, 7) is 2.63. The van der Waals surface area contributed by atoms with Crippen molar-refractivity contribution in [3.8, 4) is 17.0 Å². The third-order valence-corrected chi connectivity index (χ3v) is 2.68. The van der Waals surface area contributed by atoms with Gasteiger partial charge in [0.25, 0.3) is 0 Å². The van der Waals surface area contributed by atoms with Gasteiger partial charge in [-0.05, 0) is 37.7 Å². The third-order valence-electron chi connectivity index (χ3n) is 2.68. The fourth-order valence-corrected chi connectivity index (χ4v) is 1.81. The molecule has 17 heavy (non-hydrogen) atoms. The molecule has 0 aliphatic heterocycles. The number of rotatable bonds is 4. The van der Waals surface area contributed by atoms with Crippen LogP contribution in [0.1, 0.15) is 11.5 Å². The van der Waals surface area contributed by atoms with Gasteiger partial charge in [0.05, 0.1) is 12.8 Å². The van der Waals surface area contributed by atoms with Crippen LogP contribution in [0.3, 0.4) is 0 Å². The molecule has 4 nitrogen and oxygen atoms in total. The van der Waals surface area contributed by atoms with E-state index in [1.165, 1.54) is 0 Å². The van der Waals surface area contributed by atoms with E-state index in [1.807, 2.05) is 31.2 Å². The molecule has 0 saturated heterocycles. The minimum atomic E-state index is 0.606. The van der Waals surface area contributed by atoms with E-state index in [0.717, 1.165) is 34.9 Å². The van der Waals surface area contributed by atoms with Crippen LogP contribution < -0.4 is 10.5 Å². The van der Waals surface area contributed by atoms with E-state index in [4.69, 9.17) is 10.5 Å². The molecule has 0 aliphatic rings. The van der Waals surface area contributed by atoms with Crippen molar-refractivity contribution in [2.75, 3.05) is 13.7 Å². The predicted molar refractivity (Wildman–Crippen MR) is 68.1 cm³/mol. The lowest BCUT2D eigenvalue weighted by atomic mass is 10.1. The second-order valence-corrected chi connectivity index (χ2v) is 3.92. The van der Waals surface area contributed by atoms with Crippen LogP contribution >= 0.6 is 0 Å². The summed E-state index contributed by atoms with van der Waals surface area (Å²) in [4.78, 5) is 7.80. The number of H-pyrrole nitrogens is 1. The summed E-state index contributed by atoms with van der Waals surface area (Å²) in [6, 6.07) is 7.89. The van der Waals surface area contributed by atoms with E-state index in [2.05, 4.69) is 9.97 Å². The molecule has 0 atom stereocenters. The van der Waals surface area contributed by atoms with Crippen molar-refractivity contribution in [3.63, 3.8) is 0 Å². The van der Waals surface area contributed by atoms with Crippen molar-refractivity contribution in [2.45, 2.75) is 13.3 Å². The number of aromatic nitrogens is 2. The first-order valence-electron chi connectivity index (χ1n) is 5.64. The van der Waals surface area contributed by atoms with Gasteiger partial charge in [-0.2, -0.15) is 0 Å². The van der Waals surface area contributed by atoms with Gasteiger partial charge >= 0.3 is 0 Å². The van der Waals surface area contributed by atoms with Crippen LogP contribution in [0.4, 0.5) is 0 Å². The van der Waals surface area contributed by atoms with Gasteiger partial charge in [0.2, 0.25) is 0 Å². The Balaban J connectivity index is 2.31. The smallest absolute Gasteiger partial charge is 0.118 e. The molecule has 4 heteroatoms. The maximum atomic E-state index is 5.52. The molecule has 3 N–H and O–H groups in total. The van der Waals surface area contributed by atoms with Crippen molar-refractivity contribution < 1.29 is 4.74 Å². The lowest BCUT2D eigenvalue weighted by Gasteiger charge is -2.01. The number of nitrogens with two attached hydrogens (primary N) is 1. The van der Waals surface area contributed by atoms with E-state index in [9.17, 15) is 0 Å². The molecule has 90 valence electrons. The number of imidazole rings is 1. The quantitative estimate of drug-likeness (QED) is 0.844. The highest BCUT2D eigenvalue weighted by molar-refractivity contribution is 5.62. The number of aromatic amines is 1. The summed E-state index contributed by atoms with van der Waals surface area (Å²) >= 11 is 0. The Morgan fingerprint density at radius 3 is 2.59 bits per heavy atom. The standard InChI is InChI=1S/C13H17N3O/c1-9-13(16-12(15-9)7-8-14)10-3-5-11(17-2)6-4-10/h3-6H,7-8,14H2,1-2H3,(H,15,16). The molecule has 0 aliphatic carbocycles. The lowest BCUT2D eigenvalue weighted by molar-refractivity contribution is 0.415. The first-order valence-corrected chi connectivity index (χ1v) is 5.64. The minimum Gasteiger partial charge on any atom is -0.497 e. The van der Waals surface area contributed by atoms with E-state index >= 15 is 0 Å². The zero-order chi connectivity index (χ0) is 12.3. The van der Waals surface area contributed by atoms with Crippen molar-refractivity contribution in [1.29, 1.82) is 0 Å². The Kier molecular flexibility index (Phi) is 3.44. The van der Waals surface area contributed by atoms with Gasteiger partial charge in [-0.3, -0.25) is 0 Å². The highest BCUT2D eigenvalue weighted by Crippen LogP contribution is 2.23. The highest BCUT2D eigenvalue weighted by Gasteiger charge is 2.08. The van der Waals surface area contributed by atoms with Crippen LogP contribution in [0.15, 0.2) is 24.3 Å². The molecule has 0 bridgehead atoms. The van der Waals surface area contributed by atoms with Gasteiger partial charge in [0.1, 0.15) is 11.6 Å². The second-order valence-electron chi connectivity index (χ2n) is 3.92. The van der Waals surface area contributed by atoms with E-state index in [-0.39, 0.29) is 0 Å². The second kappa shape index (κ2) is 5.01. The largest absolute Gasteiger partial charge is 0.497 e. The summed E-state index contributed by atoms with van der Waals surface area (Å²) in [5, 5.41) is 0. The third kappa shape index (κ3) is 2.47. The number of hydrogen-bond donors (Lipinski definition) is 2. The number of benzene rings is 1. The maximum absolute atomic E-state index is 5.52. The fourth-order valence-electron chi connectivity index (χ4n) is 1.81. The summed E-state index contributed by atoms with van der Waals surface area (Å²) in [5.74, 6) is 1.79. The molecule has 0 amide bonds. The predicted octanol–water partition coefficient (Wildman–Crippen LogP) is 1.89. The Hall–Kier alpha value is -1.81. The number of methoxy groups -OCH3 is 1. The average molecular weight is 231 g/mol. The zero-order valence-corrected chi connectivity index (χ0v) is 10.2. The van der Waals surface area contributed by atoms with Crippen molar-refractivity contribution in [3.05, 3.63) is 35.8 Å². The minimum absolute atomic E-state index is 0.606. The van der Waals surface area contributed by atoms with Crippen LogP contribution in [-0.4, -0.2) is 23.6 Å². The van der Waals surface area contributed by atoms with Gasteiger partial charge in [-0.15, -0.1) is 0 Å². The zero-order valence-electron chi connectivity index (χ0n) is 10.2. The SMILES string of the molecule is COc1ccc(-c2nc(CCN)[nH]c2C)cc1. The lowest BCUT2D eigenvalue weighted by Crippen LogP contribution is -2.03. The Labute approximate surface area is 101 Å². The topological polar surface area (TPSA) is 63.9 Å². The number of aryl methyl sites for hydroxylation is 1. The van der Waals surface area contributed by atoms with E-state index in [1.54, 1.807) is 7.11 Å². The van der Waals surface area contributed by atoms with Crippen LogP contribution in [0, 0.1) is 6.92 Å². The van der Waals surface area contributed by atoms with Crippen LogP contribution in [-0.2, 0) is 6.42 Å². The summed E-state index contributed by atoms with van der Waals surface area (Å²) in [5.41, 5.74) is 8.66. The molecule has 0 radical (unpaired) electrons. The molecule has 2 rings (SSSR count). The molecule has 0 fully saturated rings. The Morgan fingerprint density at radius 1 is 1.29 bits per heavy atom. The van der Waals surface area contributed by atoms with Gasteiger partial charge in [0.15, 0.2) is 0 Å². The maximum Gasteiger partial charge on any atom is 0.118 e. The molecule has 0 unspecified atom stereocenters. The van der Waals surface area contributed by atoms with Crippen molar-refractivity contribution in [2.24, 2.45) is 5.73 Å². The normalized spacial score (nSPS) is 10.5. The molecular formula is C13H17N3O. The summed E-state index contributed by atoms with van der Waals surface area (Å²) in [7, 11) is 1.66. The molecular weight excluding hydrogens is 214 g/mol. The van der Waals surface area contributed by atoms with Gasteiger partial charge in [-0.1, -0.05) is 0 Å². The Bertz CT molecular complexity index is 488. The fraction of sp³-hybridized carbons (Fsp3) is 0.308. The summed E-state index contributed by atoms with van der Waals surface area (Å²) in [6.07, 6.45) is 0.775. The van der Waals surface area contributed by atoms with Crippen molar-refractivity contribution >= 4 is 0 Å². The van der Waals surface area contributed by atoms with Crippen LogP contribution in [0.25, 0.3) is 11.3 Å². The van der Waals surface area contributed by atoms with Crippen LogP contribution in [0.2, 0.25) is 0 Å². The first-order chi connectivity index (χ1) is 8.24. The Morgan fingerprint density at radius 2 is 2.00 bits per heavy atom. The summed E-state index contributed by atoms with van der Waals surface area (Å²) < 4.78 is 5.13. The van der Waals surface area contributed by atoms with Gasteiger partial charge in [0, 0.05) is 17.7 Å². The molecule has 2 aromatic rings. The molecule has 1 heterocycles.